The molecule has 6 nitrogen and oxygen atoms in total. The summed E-state index contributed by atoms with van der Waals surface area (Å²) in [5, 5.41) is 3.55. The predicted molar refractivity (Wildman–Crippen MR) is 136 cm³/mol. The highest BCUT2D eigenvalue weighted by atomic mass is 35.5. The first-order valence-corrected chi connectivity index (χ1v) is 14.0. The van der Waals surface area contributed by atoms with E-state index in [0.29, 0.717) is 38.6 Å². The fraction of sp³-hybridized carbons (Fsp3) is 0.240. The van der Waals surface area contributed by atoms with Gasteiger partial charge in [0, 0.05) is 29.5 Å². The molecule has 1 N–H and O–H groups in total. The molecule has 10 heteroatoms. The molecule has 0 spiro atoms. The number of benzene rings is 1. The fourth-order valence-electron chi connectivity index (χ4n) is 3.55. The van der Waals surface area contributed by atoms with Crippen LogP contribution >= 0.6 is 18.7 Å². The Balaban J connectivity index is 1.74. The van der Waals surface area contributed by atoms with Gasteiger partial charge in [0.15, 0.2) is 5.82 Å². The van der Waals surface area contributed by atoms with Crippen LogP contribution in [0.1, 0.15) is 24.2 Å². The molecule has 3 aromatic heterocycles. The van der Waals surface area contributed by atoms with Gasteiger partial charge >= 0.3 is 0 Å². The van der Waals surface area contributed by atoms with E-state index in [1.807, 2.05) is 0 Å². The van der Waals surface area contributed by atoms with Gasteiger partial charge in [0.05, 0.1) is 28.0 Å². The quantitative estimate of drug-likeness (QED) is 0.265. The Morgan fingerprint density at radius 3 is 2.51 bits per heavy atom. The first-order chi connectivity index (χ1) is 16.5. The van der Waals surface area contributed by atoms with Crippen molar-refractivity contribution in [2.45, 2.75) is 19.9 Å². The molecule has 3 heterocycles. The van der Waals surface area contributed by atoms with E-state index in [-0.39, 0.29) is 23.7 Å². The topological polar surface area (TPSA) is 77.0 Å². The van der Waals surface area contributed by atoms with Gasteiger partial charge in [-0.2, -0.15) is 0 Å². The molecule has 0 radical (unpaired) electrons. The highest BCUT2D eigenvalue weighted by molar-refractivity contribution is 7.62. The Morgan fingerprint density at radius 1 is 1.11 bits per heavy atom. The summed E-state index contributed by atoms with van der Waals surface area (Å²) in [6.07, 6.45) is 1.49. The van der Waals surface area contributed by atoms with Gasteiger partial charge in [-0.3, -0.25) is 0 Å². The second-order valence-electron chi connectivity index (χ2n) is 8.69. The van der Waals surface area contributed by atoms with Crippen LogP contribution in [0.15, 0.2) is 48.7 Å². The molecular formula is C25H24ClF2N4O2P. The number of halogens is 3. The molecule has 4 rings (SSSR count). The van der Waals surface area contributed by atoms with E-state index in [1.54, 1.807) is 57.5 Å². The van der Waals surface area contributed by atoms with Gasteiger partial charge in [-0.25, -0.2) is 23.7 Å². The number of nitrogens with zero attached hydrogens (tertiary/aromatic N) is 3. The monoisotopic (exact) mass is 516 g/mol. The lowest BCUT2D eigenvalue weighted by Gasteiger charge is -2.20. The molecule has 35 heavy (non-hydrogen) atoms. The van der Waals surface area contributed by atoms with Gasteiger partial charge < -0.3 is 14.6 Å². The second-order valence-corrected chi connectivity index (χ2v) is 12.5. The third-order valence-corrected chi connectivity index (χ3v) is 6.50. The SMILES string of the molecule is Cc1nc2cc(F)c(-c3ccc(OCP(C)(C)=O)nc3)nc2c(N[C@H](C)c2ccccc2F)c1Cl. The van der Waals surface area contributed by atoms with Crippen LogP contribution in [0.2, 0.25) is 5.02 Å². The summed E-state index contributed by atoms with van der Waals surface area (Å²) in [5.74, 6) is -0.656. The molecule has 1 aromatic carbocycles. The van der Waals surface area contributed by atoms with E-state index in [2.05, 4.69) is 20.3 Å². The second kappa shape index (κ2) is 9.88. The van der Waals surface area contributed by atoms with Crippen molar-refractivity contribution < 1.29 is 18.1 Å². The zero-order valence-electron chi connectivity index (χ0n) is 19.6. The smallest absolute Gasteiger partial charge is 0.213 e. The first kappa shape index (κ1) is 25.0. The van der Waals surface area contributed by atoms with Crippen LogP contribution in [-0.4, -0.2) is 34.6 Å². The molecule has 0 aliphatic heterocycles. The number of ether oxygens (including phenoxy) is 1. The van der Waals surface area contributed by atoms with Gasteiger partial charge in [-0.15, -0.1) is 0 Å². The zero-order valence-corrected chi connectivity index (χ0v) is 21.3. The van der Waals surface area contributed by atoms with Crippen LogP contribution in [0, 0.1) is 18.6 Å². The maximum atomic E-state index is 15.1. The van der Waals surface area contributed by atoms with Crippen molar-refractivity contribution in [2.24, 2.45) is 0 Å². The summed E-state index contributed by atoms with van der Waals surface area (Å²) in [5.41, 5.74) is 2.50. The average molecular weight is 517 g/mol. The van der Waals surface area contributed by atoms with Crippen LogP contribution in [0.3, 0.4) is 0 Å². The number of fused-ring (bicyclic) bond motifs is 1. The minimum Gasteiger partial charge on any atom is -0.470 e. The molecule has 0 aliphatic rings. The van der Waals surface area contributed by atoms with Crippen molar-refractivity contribution in [3.05, 3.63) is 76.6 Å². The molecule has 4 aromatic rings. The summed E-state index contributed by atoms with van der Waals surface area (Å²) < 4.78 is 46.7. The van der Waals surface area contributed by atoms with Crippen molar-refractivity contribution in [2.75, 3.05) is 25.0 Å². The van der Waals surface area contributed by atoms with E-state index in [9.17, 15) is 8.96 Å². The number of hydrogen-bond acceptors (Lipinski definition) is 6. The largest absolute Gasteiger partial charge is 0.470 e. The molecule has 0 saturated carbocycles. The third kappa shape index (κ3) is 5.60. The summed E-state index contributed by atoms with van der Waals surface area (Å²) in [4.78, 5) is 13.1. The highest BCUT2D eigenvalue weighted by Gasteiger charge is 2.20. The molecule has 0 aliphatic carbocycles. The van der Waals surface area contributed by atoms with E-state index < -0.39 is 19.0 Å². The Hall–Kier alpha value is -3.09. The number of aromatic nitrogens is 3. The molecule has 1 atom stereocenters. The van der Waals surface area contributed by atoms with Gasteiger partial charge in [0.1, 0.15) is 30.5 Å². The molecule has 0 amide bonds. The van der Waals surface area contributed by atoms with Crippen molar-refractivity contribution in [3.8, 4) is 17.1 Å². The molecule has 0 saturated heterocycles. The van der Waals surface area contributed by atoms with Crippen LogP contribution < -0.4 is 10.1 Å². The van der Waals surface area contributed by atoms with Crippen LogP contribution in [0.5, 0.6) is 5.88 Å². The highest BCUT2D eigenvalue weighted by Crippen LogP contribution is 2.37. The fourth-order valence-corrected chi connectivity index (χ4v) is 4.17. The average Bonchev–Trinajstić information content (AvgIpc) is 2.80. The first-order valence-electron chi connectivity index (χ1n) is 10.8. The number of rotatable bonds is 7. The van der Waals surface area contributed by atoms with Crippen LogP contribution in [0.4, 0.5) is 14.5 Å². The van der Waals surface area contributed by atoms with Gasteiger partial charge in [0.25, 0.3) is 0 Å². The third-order valence-electron chi connectivity index (χ3n) is 5.28. The summed E-state index contributed by atoms with van der Waals surface area (Å²) in [6.45, 7) is 6.75. The van der Waals surface area contributed by atoms with Gasteiger partial charge in [-0.05, 0) is 39.3 Å². The number of aryl methyl sites for hydroxylation is 1. The van der Waals surface area contributed by atoms with Crippen molar-refractivity contribution in [3.63, 3.8) is 0 Å². The number of nitrogens with one attached hydrogen (secondary N) is 1. The normalized spacial score (nSPS) is 12.5. The number of anilines is 1. The molecule has 0 unspecified atom stereocenters. The van der Waals surface area contributed by atoms with Crippen molar-refractivity contribution >= 4 is 35.5 Å². The lowest BCUT2D eigenvalue weighted by Crippen LogP contribution is -2.11. The minimum atomic E-state index is -2.37. The Morgan fingerprint density at radius 2 is 1.86 bits per heavy atom. The summed E-state index contributed by atoms with van der Waals surface area (Å²) in [6, 6.07) is 10.5. The lowest BCUT2D eigenvalue weighted by molar-refractivity contribution is 0.363. The maximum Gasteiger partial charge on any atom is 0.213 e. The van der Waals surface area contributed by atoms with Crippen molar-refractivity contribution in [1.82, 2.24) is 15.0 Å². The van der Waals surface area contributed by atoms with Gasteiger partial charge in [-0.1, -0.05) is 29.8 Å². The zero-order chi connectivity index (χ0) is 25.3. The van der Waals surface area contributed by atoms with E-state index >= 15 is 4.39 Å². The Bertz CT molecular complexity index is 1440. The number of pyridine rings is 3. The summed E-state index contributed by atoms with van der Waals surface area (Å²) >= 11 is 6.57. The van der Waals surface area contributed by atoms with Crippen LogP contribution in [0.25, 0.3) is 22.3 Å². The van der Waals surface area contributed by atoms with E-state index in [4.69, 9.17) is 16.3 Å². The number of hydrogen-bond donors (Lipinski definition) is 1. The van der Waals surface area contributed by atoms with E-state index in [1.165, 1.54) is 18.3 Å². The predicted octanol–water partition coefficient (Wildman–Crippen LogP) is 7.06. The molecule has 0 bridgehead atoms. The molecule has 182 valence electrons. The van der Waals surface area contributed by atoms with Crippen LogP contribution in [-0.2, 0) is 4.57 Å². The summed E-state index contributed by atoms with van der Waals surface area (Å²) in [7, 11) is -2.37. The Kier molecular flexibility index (Phi) is 7.06. The Labute approximate surface area is 207 Å². The standard InChI is InChI=1S/C25H24ClF2N4O2P/c1-14(17-7-5-6-8-18(17)27)31-25-22(26)15(2)30-20-11-19(28)23(32-24(20)25)16-9-10-21(29-12-16)34-13-35(3,4)33/h5-12,14H,13H2,1-4H3,(H,30,31)/t14-/m1/s1. The maximum absolute atomic E-state index is 15.1. The van der Waals surface area contributed by atoms with E-state index in [0.717, 1.165) is 0 Å². The van der Waals surface area contributed by atoms with Crippen molar-refractivity contribution in [1.29, 1.82) is 0 Å². The minimum absolute atomic E-state index is 0.0523. The molecular weight excluding hydrogens is 493 g/mol. The van der Waals surface area contributed by atoms with Gasteiger partial charge in [0.2, 0.25) is 5.88 Å². The molecule has 0 fully saturated rings. The lowest BCUT2D eigenvalue weighted by atomic mass is 10.1.